The van der Waals surface area contributed by atoms with Crippen molar-refractivity contribution in [1.29, 1.82) is 0 Å². The molecule has 26 heavy (non-hydrogen) atoms. The number of carbonyl (C=O) groups is 2. The third kappa shape index (κ3) is 4.84. The molecule has 1 fully saturated rings. The molecule has 1 aliphatic heterocycles. The van der Waals surface area contributed by atoms with Crippen LogP contribution in [-0.4, -0.2) is 54.5 Å². The van der Waals surface area contributed by atoms with Gasteiger partial charge in [0.1, 0.15) is 5.82 Å². The lowest BCUT2D eigenvalue weighted by molar-refractivity contribution is 0.0664. The normalized spacial score (nSPS) is 17.7. The smallest absolute Gasteiger partial charge is 0.317 e. The first-order valence-corrected chi connectivity index (χ1v) is 9.39. The molecule has 1 aliphatic carbocycles. The fourth-order valence-corrected chi connectivity index (χ4v) is 3.49. The van der Waals surface area contributed by atoms with E-state index in [0.29, 0.717) is 38.3 Å². The molecule has 5 nitrogen and oxygen atoms in total. The first-order valence-electron chi connectivity index (χ1n) is 9.39. The van der Waals surface area contributed by atoms with Crippen LogP contribution in [0.15, 0.2) is 35.9 Å². The van der Waals surface area contributed by atoms with Crippen molar-refractivity contribution in [3.63, 3.8) is 0 Å². The molecule has 0 bridgehead atoms. The molecule has 1 aromatic carbocycles. The maximum absolute atomic E-state index is 13.3. The minimum Gasteiger partial charge on any atom is -0.338 e. The van der Waals surface area contributed by atoms with E-state index in [2.05, 4.69) is 11.4 Å². The van der Waals surface area contributed by atoms with E-state index in [0.717, 1.165) is 19.3 Å². The second-order valence-electron chi connectivity index (χ2n) is 6.88. The van der Waals surface area contributed by atoms with E-state index in [1.54, 1.807) is 15.9 Å². The Labute approximate surface area is 153 Å². The highest BCUT2D eigenvalue weighted by Crippen LogP contribution is 2.19. The predicted octanol–water partition coefficient (Wildman–Crippen LogP) is 3.18. The van der Waals surface area contributed by atoms with Gasteiger partial charge in [-0.05, 0) is 50.3 Å². The number of allylic oxidation sites excluding steroid dienone is 1. The Balaban J connectivity index is 1.42. The summed E-state index contributed by atoms with van der Waals surface area (Å²) in [5, 5.41) is 2.98. The van der Waals surface area contributed by atoms with E-state index in [4.69, 9.17) is 0 Å². The average molecular weight is 359 g/mol. The minimum atomic E-state index is -0.415. The lowest BCUT2D eigenvalue weighted by Gasteiger charge is -2.34. The summed E-state index contributed by atoms with van der Waals surface area (Å²) in [4.78, 5) is 28.1. The molecule has 0 atom stereocenters. The lowest BCUT2D eigenvalue weighted by atomic mass is 9.97. The number of nitrogens with one attached hydrogen (secondary N) is 1. The molecule has 0 radical (unpaired) electrons. The maximum atomic E-state index is 13.3. The van der Waals surface area contributed by atoms with Gasteiger partial charge in [-0.3, -0.25) is 4.79 Å². The molecule has 0 spiro atoms. The molecule has 0 unspecified atom stereocenters. The fourth-order valence-electron chi connectivity index (χ4n) is 3.49. The Morgan fingerprint density at radius 3 is 2.54 bits per heavy atom. The Kier molecular flexibility index (Phi) is 6.26. The number of rotatable bonds is 4. The molecule has 0 saturated carbocycles. The molecule has 3 rings (SSSR count). The van der Waals surface area contributed by atoms with E-state index >= 15 is 0 Å². The molecule has 140 valence electrons. The molecule has 1 aromatic rings. The zero-order valence-corrected chi connectivity index (χ0v) is 15.0. The van der Waals surface area contributed by atoms with Crippen LogP contribution in [0.25, 0.3) is 0 Å². The number of carbonyl (C=O) groups excluding carboxylic acids is 2. The third-order valence-corrected chi connectivity index (χ3v) is 5.03. The van der Waals surface area contributed by atoms with Crippen molar-refractivity contribution < 1.29 is 14.0 Å². The second-order valence-corrected chi connectivity index (χ2v) is 6.88. The van der Waals surface area contributed by atoms with Crippen molar-refractivity contribution in [3.8, 4) is 0 Å². The molecule has 0 aromatic heterocycles. The van der Waals surface area contributed by atoms with Gasteiger partial charge in [-0.15, -0.1) is 0 Å². The SMILES string of the molecule is O=C(NCCC1=CCCCC1)N1CCN(C(=O)c2cccc(F)c2)CC1. The topological polar surface area (TPSA) is 52.7 Å². The van der Waals surface area contributed by atoms with Crippen LogP contribution in [0.3, 0.4) is 0 Å². The summed E-state index contributed by atoms with van der Waals surface area (Å²) in [5.41, 5.74) is 1.80. The average Bonchev–Trinajstić information content (AvgIpc) is 2.68. The van der Waals surface area contributed by atoms with Crippen molar-refractivity contribution in [2.45, 2.75) is 32.1 Å². The van der Waals surface area contributed by atoms with Gasteiger partial charge in [0.15, 0.2) is 0 Å². The standard InChI is InChI=1S/C20H26FN3O2/c21-18-8-4-7-17(15-18)19(25)23-11-13-24(14-12-23)20(26)22-10-9-16-5-2-1-3-6-16/h4-5,7-8,15H,1-3,6,9-14H2,(H,22,26). The Hall–Kier alpha value is -2.37. The first-order chi connectivity index (χ1) is 12.6. The Morgan fingerprint density at radius 2 is 1.85 bits per heavy atom. The Bertz CT molecular complexity index is 681. The highest BCUT2D eigenvalue weighted by Gasteiger charge is 2.24. The highest BCUT2D eigenvalue weighted by atomic mass is 19.1. The van der Waals surface area contributed by atoms with Gasteiger partial charge >= 0.3 is 6.03 Å². The number of hydrogen-bond donors (Lipinski definition) is 1. The Morgan fingerprint density at radius 1 is 1.08 bits per heavy atom. The molecule has 3 amide bonds. The van der Waals surface area contributed by atoms with Crippen molar-refractivity contribution in [2.24, 2.45) is 0 Å². The number of urea groups is 1. The first kappa shape index (κ1) is 18.4. The summed E-state index contributed by atoms with van der Waals surface area (Å²) < 4.78 is 13.3. The molecular formula is C20H26FN3O2. The van der Waals surface area contributed by atoms with Crippen LogP contribution in [0.2, 0.25) is 0 Å². The summed E-state index contributed by atoms with van der Waals surface area (Å²) >= 11 is 0. The van der Waals surface area contributed by atoms with E-state index in [1.807, 2.05) is 0 Å². The molecular weight excluding hydrogens is 333 g/mol. The van der Waals surface area contributed by atoms with Crippen LogP contribution in [-0.2, 0) is 0 Å². The maximum Gasteiger partial charge on any atom is 0.317 e. The van der Waals surface area contributed by atoms with Crippen LogP contribution in [0.1, 0.15) is 42.5 Å². The zero-order chi connectivity index (χ0) is 18.4. The fraction of sp³-hybridized carbons (Fsp3) is 0.500. The molecule has 1 heterocycles. The van der Waals surface area contributed by atoms with Gasteiger partial charge in [0.05, 0.1) is 0 Å². The van der Waals surface area contributed by atoms with Crippen molar-refractivity contribution in [1.82, 2.24) is 15.1 Å². The quantitative estimate of drug-likeness (QED) is 0.840. The summed E-state index contributed by atoms with van der Waals surface area (Å²) in [7, 11) is 0. The number of hydrogen-bond acceptors (Lipinski definition) is 2. The summed E-state index contributed by atoms with van der Waals surface area (Å²) in [6.07, 6.45) is 8.05. The van der Waals surface area contributed by atoms with Gasteiger partial charge < -0.3 is 15.1 Å². The van der Waals surface area contributed by atoms with Crippen molar-refractivity contribution in [3.05, 3.63) is 47.3 Å². The van der Waals surface area contributed by atoms with Gasteiger partial charge in [-0.25, -0.2) is 9.18 Å². The van der Waals surface area contributed by atoms with Gasteiger partial charge in [0, 0.05) is 38.3 Å². The highest BCUT2D eigenvalue weighted by molar-refractivity contribution is 5.94. The largest absolute Gasteiger partial charge is 0.338 e. The van der Waals surface area contributed by atoms with Gasteiger partial charge in [-0.2, -0.15) is 0 Å². The molecule has 6 heteroatoms. The van der Waals surface area contributed by atoms with Crippen molar-refractivity contribution in [2.75, 3.05) is 32.7 Å². The predicted molar refractivity (Wildman–Crippen MR) is 98.4 cm³/mol. The number of halogens is 1. The van der Waals surface area contributed by atoms with Crippen LogP contribution < -0.4 is 5.32 Å². The van der Waals surface area contributed by atoms with Crippen LogP contribution in [0.5, 0.6) is 0 Å². The summed E-state index contributed by atoms with van der Waals surface area (Å²) in [6, 6.07) is 5.65. The molecule has 2 aliphatic rings. The number of piperazine rings is 1. The summed E-state index contributed by atoms with van der Waals surface area (Å²) in [5.74, 6) is -0.601. The number of amides is 3. The third-order valence-electron chi connectivity index (χ3n) is 5.03. The minimum absolute atomic E-state index is 0.0701. The van der Waals surface area contributed by atoms with Gasteiger partial charge in [0.2, 0.25) is 0 Å². The van der Waals surface area contributed by atoms with E-state index in [-0.39, 0.29) is 11.9 Å². The lowest BCUT2D eigenvalue weighted by Crippen LogP contribution is -2.53. The van der Waals surface area contributed by atoms with Gasteiger partial charge in [-0.1, -0.05) is 17.7 Å². The van der Waals surface area contributed by atoms with E-state index < -0.39 is 5.82 Å². The zero-order valence-electron chi connectivity index (χ0n) is 15.0. The van der Waals surface area contributed by atoms with Crippen LogP contribution in [0, 0.1) is 5.82 Å². The van der Waals surface area contributed by atoms with Crippen LogP contribution >= 0.6 is 0 Å². The monoisotopic (exact) mass is 359 g/mol. The van der Waals surface area contributed by atoms with E-state index in [9.17, 15) is 14.0 Å². The van der Waals surface area contributed by atoms with Crippen molar-refractivity contribution >= 4 is 11.9 Å². The number of nitrogens with zero attached hydrogens (tertiary/aromatic N) is 2. The number of benzene rings is 1. The molecule has 1 N–H and O–H groups in total. The van der Waals surface area contributed by atoms with Gasteiger partial charge in [0.25, 0.3) is 5.91 Å². The molecule has 1 saturated heterocycles. The van der Waals surface area contributed by atoms with Crippen LogP contribution in [0.4, 0.5) is 9.18 Å². The second kappa shape index (κ2) is 8.83. The van der Waals surface area contributed by atoms with E-state index in [1.165, 1.54) is 36.6 Å². The summed E-state index contributed by atoms with van der Waals surface area (Å²) in [6.45, 7) is 2.58.